The second-order valence-electron chi connectivity index (χ2n) is 5.24. The smallest absolute Gasteiger partial charge is 0.162 e. The molecule has 0 bridgehead atoms. The normalized spacial score (nSPS) is 10.5. The maximum Gasteiger partial charge on any atom is 0.162 e. The first kappa shape index (κ1) is 15.5. The molecule has 0 fully saturated rings. The number of phenolic OH excluding ortho intramolecular Hbond substituents is 1. The molecule has 0 aliphatic carbocycles. The first-order valence-corrected chi connectivity index (χ1v) is 7.17. The van der Waals surface area contributed by atoms with E-state index in [1.54, 1.807) is 12.1 Å². The molecule has 2 rings (SSSR count). The molecule has 2 aromatic carbocycles. The summed E-state index contributed by atoms with van der Waals surface area (Å²) in [5, 5.41) is 14.1. The van der Waals surface area contributed by atoms with Crippen LogP contribution in [0.2, 0.25) is 5.02 Å². The van der Waals surface area contributed by atoms with Gasteiger partial charge in [0.2, 0.25) is 0 Å². The molecule has 0 amide bonds. The van der Waals surface area contributed by atoms with E-state index in [0.29, 0.717) is 22.9 Å². The number of halogens is 1. The van der Waals surface area contributed by atoms with E-state index in [2.05, 4.69) is 38.2 Å². The second-order valence-corrected chi connectivity index (χ2v) is 5.68. The number of nitrogens with one attached hydrogen (secondary N) is 1. The molecule has 0 unspecified atom stereocenters. The number of hydrogen-bond acceptors (Lipinski definition) is 3. The summed E-state index contributed by atoms with van der Waals surface area (Å²) in [6, 6.07) is 7.61. The minimum atomic E-state index is 0.122. The lowest BCUT2D eigenvalue weighted by Crippen LogP contribution is -2.04. The number of hydrogen-bond donors (Lipinski definition) is 2. The molecule has 112 valence electrons. The highest BCUT2D eigenvalue weighted by molar-refractivity contribution is 6.30. The molecule has 21 heavy (non-hydrogen) atoms. The standard InChI is InChI=1S/C17H20ClNO2/c1-10-5-11(2)16(12(3)6-10)19-9-13-7-14(18)8-15(21-4)17(13)20/h5-8,19-20H,9H2,1-4H3. The van der Waals surface area contributed by atoms with Crippen LogP contribution in [0.4, 0.5) is 5.69 Å². The molecular weight excluding hydrogens is 286 g/mol. The van der Waals surface area contributed by atoms with Crippen molar-refractivity contribution in [3.63, 3.8) is 0 Å². The van der Waals surface area contributed by atoms with E-state index >= 15 is 0 Å². The summed E-state index contributed by atoms with van der Waals surface area (Å²) >= 11 is 6.05. The Bertz CT molecular complexity index is 645. The van der Waals surface area contributed by atoms with Crippen molar-refractivity contribution in [3.8, 4) is 11.5 Å². The fourth-order valence-electron chi connectivity index (χ4n) is 2.56. The van der Waals surface area contributed by atoms with Crippen LogP contribution in [0.25, 0.3) is 0 Å². The Kier molecular flexibility index (Phi) is 4.63. The highest BCUT2D eigenvalue weighted by Gasteiger charge is 2.11. The van der Waals surface area contributed by atoms with Crippen molar-refractivity contribution in [1.82, 2.24) is 0 Å². The topological polar surface area (TPSA) is 41.5 Å². The molecule has 0 aliphatic rings. The van der Waals surface area contributed by atoms with Crippen molar-refractivity contribution in [3.05, 3.63) is 51.5 Å². The molecule has 0 aliphatic heterocycles. The Labute approximate surface area is 130 Å². The van der Waals surface area contributed by atoms with Crippen LogP contribution in [0.15, 0.2) is 24.3 Å². The van der Waals surface area contributed by atoms with Crippen LogP contribution in [0.1, 0.15) is 22.3 Å². The highest BCUT2D eigenvalue weighted by Crippen LogP contribution is 2.34. The number of rotatable bonds is 4. The van der Waals surface area contributed by atoms with E-state index in [4.69, 9.17) is 16.3 Å². The summed E-state index contributed by atoms with van der Waals surface area (Å²) in [7, 11) is 1.51. The zero-order valence-electron chi connectivity index (χ0n) is 12.7. The van der Waals surface area contributed by atoms with Crippen molar-refractivity contribution >= 4 is 17.3 Å². The Hall–Kier alpha value is -1.87. The average Bonchev–Trinajstić information content (AvgIpc) is 2.40. The summed E-state index contributed by atoms with van der Waals surface area (Å²) in [4.78, 5) is 0. The Morgan fingerprint density at radius 2 is 1.71 bits per heavy atom. The molecule has 0 atom stereocenters. The SMILES string of the molecule is COc1cc(Cl)cc(CNc2c(C)cc(C)cc2C)c1O. The minimum absolute atomic E-state index is 0.122. The van der Waals surface area contributed by atoms with Gasteiger partial charge in [-0.3, -0.25) is 0 Å². The quantitative estimate of drug-likeness (QED) is 0.868. The van der Waals surface area contributed by atoms with Crippen LogP contribution in [-0.2, 0) is 6.54 Å². The number of anilines is 1. The van der Waals surface area contributed by atoms with Gasteiger partial charge >= 0.3 is 0 Å². The van der Waals surface area contributed by atoms with E-state index in [9.17, 15) is 5.11 Å². The van der Waals surface area contributed by atoms with Gasteiger partial charge < -0.3 is 15.2 Å². The fraction of sp³-hybridized carbons (Fsp3) is 0.294. The first-order valence-electron chi connectivity index (χ1n) is 6.79. The third-order valence-corrected chi connectivity index (χ3v) is 3.69. The fourth-order valence-corrected chi connectivity index (χ4v) is 2.79. The highest BCUT2D eigenvalue weighted by atomic mass is 35.5. The lowest BCUT2D eigenvalue weighted by Gasteiger charge is -2.15. The summed E-state index contributed by atoms with van der Waals surface area (Å²) in [5.74, 6) is 0.508. The van der Waals surface area contributed by atoms with E-state index < -0.39 is 0 Å². The van der Waals surface area contributed by atoms with E-state index in [1.807, 2.05) is 0 Å². The van der Waals surface area contributed by atoms with Crippen LogP contribution >= 0.6 is 11.6 Å². The van der Waals surface area contributed by atoms with Crippen molar-refractivity contribution in [2.75, 3.05) is 12.4 Å². The van der Waals surface area contributed by atoms with Crippen LogP contribution in [0.5, 0.6) is 11.5 Å². The molecule has 0 aromatic heterocycles. The molecule has 0 heterocycles. The number of ether oxygens (including phenoxy) is 1. The molecule has 2 N–H and O–H groups in total. The number of phenols is 1. The lowest BCUT2D eigenvalue weighted by molar-refractivity contribution is 0.371. The van der Waals surface area contributed by atoms with Crippen LogP contribution in [-0.4, -0.2) is 12.2 Å². The predicted molar refractivity (Wildman–Crippen MR) is 87.6 cm³/mol. The molecule has 0 spiro atoms. The largest absolute Gasteiger partial charge is 0.504 e. The van der Waals surface area contributed by atoms with Crippen molar-refractivity contribution in [1.29, 1.82) is 0 Å². The van der Waals surface area contributed by atoms with Gasteiger partial charge in [-0.1, -0.05) is 29.3 Å². The average molecular weight is 306 g/mol. The zero-order chi connectivity index (χ0) is 15.6. The van der Waals surface area contributed by atoms with Crippen molar-refractivity contribution in [2.24, 2.45) is 0 Å². The first-order chi connectivity index (χ1) is 9.92. The van der Waals surface area contributed by atoms with Crippen LogP contribution < -0.4 is 10.1 Å². The second kappa shape index (κ2) is 6.27. The Balaban J connectivity index is 2.27. The Morgan fingerprint density at radius 3 is 2.29 bits per heavy atom. The zero-order valence-corrected chi connectivity index (χ0v) is 13.5. The summed E-state index contributed by atoms with van der Waals surface area (Å²) in [5.41, 5.74) is 5.39. The van der Waals surface area contributed by atoms with Gasteiger partial charge in [0.1, 0.15) is 0 Å². The van der Waals surface area contributed by atoms with E-state index in [-0.39, 0.29) is 5.75 Å². The van der Waals surface area contributed by atoms with Gasteiger partial charge in [-0.15, -0.1) is 0 Å². The van der Waals surface area contributed by atoms with Gasteiger partial charge in [0.25, 0.3) is 0 Å². The summed E-state index contributed by atoms with van der Waals surface area (Å²) in [6.45, 7) is 6.70. The van der Waals surface area contributed by atoms with Gasteiger partial charge in [0, 0.05) is 28.9 Å². The van der Waals surface area contributed by atoms with E-state index in [1.165, 1.54) is 23.8 Å². The van der Waals surface area contributed by atoms with Crippen molar-refractivity contribution < 1.29 is 9.84 Å². The number of benzene rings is 2. The number of methoxy groups -OCH3 is 1. The maximum atomic E-state index is 10.2. The van der Waals surface area contributed by atoms with Crippen LogP contribution in [0.3, 0.4) is 0 Å². The molecule has 0 radical (unpaired) electrons. The lowest BCUT2D eigenvalue weighted by atomic mass is 10.0. The van der Waals surface area contributed by atoms with Crippen molar-refractivity contribution in [2.45, 2.75) is 27.3 Å². The van der Waals surface area contributed by atoms with Crippen LogP contribution in [0, 0.1) is 20.8 Å². The molecule has 0 saturated heterocycles. The minimum Gasteiger partial charge on any atom is -0.504 e. The van der Waals surface area contributed by atoms with E-state index in [0.717, 1.165) is 5.69 Å². The number of aryl methyl sites for hydroxylation is 3. The Morgan fingerprint density at radius 1 is 1.10 bits per heavy atom. The predicted octanol–water partition coefficient (Wildman–Crippen LogP) is 4.59. The maximum absolute atomic E-state index is 10.2. The molecule has 4 heteroatoms. The molecule has 2 aromatic rings. The van der Waals surface area contributed by atoms with Gasteiger partial charge in [0.05, 0.1) is 7.11 Å². The van der Waals surface area contributed by atoms with Gasteiger partial charge in [0.15, 0.2) is 11.5 Å². The van der Waals surface area contributed by atoms with Gasteiger partial charge in [-0.25, -0.2) is 0 Å². The summed E-state index contributed by atoms with van der Waals surface area (Å²) in [6.07, 6.45) is 0. The summed E-state index contributed by atoms with van der Waals surface area (Å²) < 4.78 is 5.12. The van der Waals surface area contributed by atoms with Gasteiger partial charge in [-0.05, 0) is 38.0 Å². The monoisotopic (exact) mass is 305 g/mol. The molecular formula is C17H20ClNO2. The van der Waals surface area contributed by atoms with Gasteiger partial charge in [-0.2, -0.15) is 0 Å². The number of aromatic hydroxyl groups is 1. The molecule has 0 saturated carbocycles. The third kappa shape index (κ3) is 3.42. The molecule has 3 nitrogen and oxygen atoms in total. The third-order valence-electron chi connectivity index (χ3n) is 3.47.